The van der Waals surface area contributed by atoms with Crippen LogP contribution in [0.25, 0.3) is 0 Å². The molecular weight excluding hydrogens is 192 g/mol. The number of ketones is 1. The van der Waals surface area contributed by atoms with Crippen molar-refractivity contribution in [2.45, 2.75) is 12.8 Å². The fourth-order valence-corrected chi connectivity index (χ4v) is 1.70. The molecule has 1 heterocycles. The molecule has 1 saturated heterocycles. The number of ether oxygens (including phenoxy) is 1. The van der Waals surface area contributed by atoms with Gasteiger partial charge >= 0.3 is 5.97 Å². The van der Waals surface area contributed by atoms with E-state index in [2.05, 4.69) is 0 Å². The van der Waals surface area contributed by atoms with Gasteiger partial charge in [-0.05, 0) is 0 Å². The quantitative estimate of drug-likeness (QED) is 0.557. The molecule has 0 saturated carbocycles. The molecule has 0 spiro atoms. The Morgan fingerprint density at radius 1 is 1.33 bits per heavy atom. The number of benzene rings is 1. The zero-order chi connectivity index (χ0) is 10.7. The summed E-state index contributed by atoms with van der Waals surface area (Å²) >= 11 is 0. The molecule has 1 unspecified atom stereocenters. The number of cyclic esters (lactones) is 1. The predicted molar refractivity (Wildman–Crippen MR) is 54.5 cm³/mol. The molecule has 3 nitrogen and oxygen atoms in total. The van der Waals surface area contributed by atoms with Crippen LogP contribution >= 0.6 is 0 Å². The average Bonchev–Trinajstić information content (AvgIpc) is 2.65. The van der Waals surface area contributed by atoms with Gasteiger partial charge in [-0.3, -0.25) is 9.59 Å². The minimum Gasteiger partial charge on any atom is -0.465 e. The van der Waals surface area contributed by atoms with E-state index in [1.807, 2.05) is 18.2 Å². The van der Waals surface area contributed by atoms with E-state index < -0.39 is 0 Å². The molecule has 1 fully saturated rings. The first-order chi connectivity index (χ1) is 7.25. The third-order valence-corrected chi connectivity index (χ3v) is 2.51. The molecule has 1 atom stereocenters. The van der Waals surface area contributed by atoms with E-state index in [1.165, 1.54) is 0 Å². The van der Waals surface area contributed by atoms with Crippen LogP contribution in [-0.4, -0.2) is 18.4 Å². The molecule has 2 rings (SSSR count). The number of carbonyl (C=O) groups is 2. The van der Waals surface area contributed by atoms with Gasteiger partial charge in [-0.15, -0.1) is 0 Å². The van der Waals surface area contributed by atoms with E-state index in [0.717, 1.165) is 0 Å². The van der Waals surface area contributed by atoms with E-state index in [0.29, 0.717) is 25.0 Å². The fourth-order valence-electron chi connectivity index (χ4n) is 1.70. The molecule has 15 heavy (non-hydrogen) atoms. The van der Waals surface area contributed by atoms with Crippen LogP contribution in [0, 0.1) is 5.92 Å². The highest BCUT2D eigenvalue weighted by molar-refractivity contribution is 5.96. The van der Waals surface area contributed by atoms with Crippen LogP contribution in [0.1, 0.15) is 23.2 Å². The van der Waals surface area contributed by atoms with Crippen molar-refractivity contribution in [2.75, 3.05) is 6.61 Å². The van der Waals surface area contributed by atoms with Gasteiger partial charge in [-0.25, -0.2) is 0 Å². The smallest absolute Gasteiger partial charge is 0.306 e. The second-order valence-corrected chi connectivity index (χ2v) is 3.75. The standard InChI is InChI=1S/C12H12O3/c13-11(10-4-2-1-3-5-10)6-9-7-12(14)15-8-9/h1-5,9H,6-8H2. The van der Waals surface area contributed by atoms with E-state index in [-0.39, 0.29) is 17.7 Å². The first-order valence-electron chi connectivity index (χ1n) is 4.99. The van der Waals surface area contributed by atoms with Gasteiger partial charge < -0.3 is 4.74 Å². The summed E-state index contributed by atoms with van der Waals surface area (Å²) in [6.45, 7) is 0.386. The SMILES string of the molecule is O=C1CC(CC(=O)c2ccccc2)CO1. The lowest BCUT2D eigenvalue weighted by Gasteiger charge is -2.04. The second-order valence-electron chi connectivity index (χ2n) is 3.75. The fraction of sp³-hybridized carbons (Fsp3) is 0.333. The topological polar surface area (TPSA) is 43.4 Å². The van der Waals surface area contributed by atoms with Crippen LogP contribution in [0.2, 0.25) is 0 Å². The van der Waals surface area contributed by atoms with Crippen molar-refractivity contribution >= 4 is 11.8 Å². The Bertz CT molecular complexity index is 370. The third-order valence-electron chi connectivity index (χ3n) is 2.51. The highest BCUT2D eigenvalue weighted by Gasteiger charge is 2.26. The van der Waals surface area contributed by atoms with Crippen molar-refractivity contribution in [1.82, 2.24) is 0 Å². The van der Waals surface area contributed by atoms with Crippen LogP contribution < -0.4 is 0 Å². The van der Waals surface area contributed by atoms with Crippen LogP contribution in [0.15, 0.2) is 30.3 Å². The molecule has 0 aromatic heterocycles. The van der Waals surface area contributed by atoms with E-state index in [1.54, 1.807) is 12.1 Å². The molecule has 78 valence electrons. The number of esters is 1. The largest absolute Gasteiger partial charge is 0.465 e. The number of carbonyl (C=O) groups excluding carboxylic acids is 2. The second kappa shape index (κ2) is 4.26. The Kier molecular flexibility index (Phi) is 2.81. The lowest BCUT2D eigenvalue weighted by atomic mass is 9.98. The van der Waals surface area contributed by atoms with Crippen molar-refractivity contribution in [3.05, 3.63) is 35.9 Å². The lowest BCUT2D eigenvalue weighted by molar-refractivity contribution is -0.137. The highest BCUT2D eigenvalue weighted by Crippen LogP contribution is 2.19. The minimum atomic E-state index is -0.194. The Morgan fingerprint density at radius 2 is 2.07 bits per heavy atom. The molecule has 0 bridgehead atoms. The van der Waals surface area contributed by atoms with Crippen LogP contribution in [0.3, 0.4) is 0 Å². The summed E-state index contributed by atoms with van der Waals surface area (Å²) in [5.41, 5.74) is 0.705. The van der Waals surface area contributed by atoms with Crippen molar-refractivity contribution in [3.8, 4) is 0 Å². The molecule has 1 aromatic rings. The van der Waals surface area contributed by atoms with Gasteiger partial charge in [-0.2, -0.15) is 0 Å². The van der Waals surface area contributed by atoms with Crippen molar-refractivity contribution < 1.29 is 14.3 Å². The van der Waals surface area contributed by atoms with Gasteiger partial charge in [0.05, 0.1) is 13.0 Å². The molecule has 0 N–H and O–H groups in total. The van der Waals surface area contributed by atoms with Gasteiger partial charge in [0.15, 0.2) is 5.78 Å². The van der Waals surface area contributed by atoms with Crippen molar-refractivity contribution in [2.24, 2.45) is 5.92 Å². The van der Waals surface area contributed by atoms with Gasteiger partial charge in [0, 0.05) is 17.9 Å². The average molecular weight is 204 g/mol. The molecule has 1 aliphatic heterocycles. The maximum absolute atomic E-state index is 11.7. The monoisotopic (exact) mass is 204 g/mol. The molecule has 0 aliphatic carbocycles. The number of hydrogen-bond donors (Lipinski definition) is 0. The zero-order valence-corrected chi connectivity index (χ0v) is 8.31. The third kappa shape index (κ3) is 2.43. The first kappa shape index (κ1) is 9.90. The lowest BCUT2D eigenvalue weighted by Crippen LogP contribution is -2.08. The normalized spacial score (nSPS) is 20.0. The number of hydrogen-bond acceptors (Lipinski definition) is 3. The number of rotatable bonds is 3. The van der Waals surface area contributed by atoms with E-state index >= 15 is 0 Å². The van der Waals surface area contributed by atoms with Gasteiger partial charge in [0.2, 0.25) is 0 Å². The first-order valence-corrected chi connectivity index (χ1v) is 4.99. The summed E-state index contributed by atoms with van der Waals surface area (Å²) in [5, 5.41) is 0. The summed E-state index contributed by atoms with van der Waals surface area (Å²) in [5.74, 6) is -0.0510. The molecule has 3 heteroatoms. The van der Waals surface area contributed by atoms with Crippen molar-refractivity contribution in [1.29, 1.82) is 0 Å². The Balaban J connectivity index is 1.96. The summed E-state index contributed by atoms with van der Waals surface area (Å²) in [4.78, 5) is 22.6. The Morgan fingerprint density at radius 3 is 2.67 bits per heavy atom. The maximum Gasteiger partial charge on any atom is 0.306 e. The van der Waals surface area contributed by atoms with Crippen LogP contribution in [0.5, 0.6) is 0 Å². The molecule has 0 radical (unpaired) electrons. The zero-order valence-electron chi connectivity index (χ0n) is 8.31. The van der Waals surface area contributed by atoms with E-state index in [4.69, 9.17) is 4.74 Å². The van der Waals surface area contributed by atoms with E-state index in [9.17, 15) is 9.59 Å². The Hall–Kier alpha value is -1.64. The van der Waals surface area contributed by atoms with Gasteiger partial charge in [0.25, 0.3) is 0 Å². The van der Waals surface area contributed by atoms with Gasteiger partial charge in [-0.1, -0.05) is 30.3 Å². The predicted octanol–water partition coefficient (Wildman–Crippen LogP) is 1.82. The number of Topliss-reactive ketones (excluding diaryl/α,β-unsaturated/α-hetero) is 1. The molecular formula is C12H12O3. The minimum absolute atomic E-state index is 0.0604. The van der Waals surface area contributed by atoms with Gasteiger partial charge in [0.1, 0.15) is 0 Å². The highest BCUT2D eigenvalue weighted by atomic mass is 16.5. The summed E-state index contributed by atoms with van der Waals surface area (Å²) in [6.07, 6.45) is 0.772. The Labute approximate surface area is 88.1 Å². The van der Waals surface area contributed by atoms with Crippen LogP contribution in [-0.2, 0) is 9.53 Å². The molecule has 1 aromatic carbocycles. The van der Waals surface area contributed by atoms with Crippen molar-refractivity contribution in [3.63, 3.8) is 0 Å². The molecule has 1 aliphatic rings. The van der Waals surface area contributed by atoms with Crippen LogP contribution in [0.4, 0.5) is 0 Å². The summed E-state index contributed by atoms with van der Waals surface area (Å²) < 4.78 is 4.81. The molecule has 0 amide bonds. The summed E-state index contributed by atoms with van der Waals surface area (Å²) in [6, 6.07) is 9.13. The maximum atomic E-state index is 11.7. The summed E-state index contributed by atoms with van der Waals surface area (Å²) in [7, 11) is 0.